The predicted octanol–water partition coefficient (Wildman–Crippen LogP) is 2.23. The zero-order chi connectivity index (χ0) is 19.0. The van der Waals surface area contributed by atoms with Crippen LogP contribution in [0.15, 0.2) is 0 Å². The molecule has 0 rings (SSSR count). The summed E-state index contributed by atoms with van der Waals surface area (Å²) in [6.07, 6.45) is 7.56. The first-order valence-electron chi connectivity index (χ1n) is 9.35. The molecule has 0 aromatic heterocycles. The lowest BCUT2D eigenvalue weighted by molar-refractivity contribution is -0.142. The summed E-state index contributed by atoms with van der Waals surface area (Å²) in [5, 5.41) is 25.2. The fourth-order valence-electron chi connectivity index (χ4n) is 1.65. The molecule has 0 saturated heterocycles. The standard InChI is InChI=1S/C12H26O4.C6H12O3/c13-7-1-3-9-15-11-5-6-12-16-10-4-2-8-14;1-2-3-4-9-5-6(7)8/h13-14H,1-12H2;2-5H2,1H3,(H,7,8). The first kappa shape index (κ1) is 26.5. The molecule has 7 heteroatoms. The van der Waals surface area contributed by atoms with Crippen LogP contribution in [0.3, 0.4) is 0 Å². The number of unbranched alkanes of at least 4 members (excludes halogenated alkanes) is 4. The van der Waals surface area contributed by atoms with E-state index in [-0.39, 0.29) is 19.8 Å². The largest absolute Gasteiger partial charge is 0.480 e. The molecule has 0 aliphatic rings. The lowest BCUT2D eigenvalue weighted by Crippen LogP contribution is -2.07. The maximum Gasteiger partial charge on any atom is 0.329 e. The van der Waals surface area contributed by atoms with Gasteiger partial charge in [-0.25, -0.2) is 4.79 Å². The Morgan fingerprint density at radius 3 is 1.44 bits per heavy atom. The van der Waals surface area contributed by atoms with Gasteiger partial charge >= 0.3 is 5.97 Å². The molecule has 0 aromatic carbocycles. The molecule has 0 aliphatic heterocycles. The number of aliphatic hydroxyl groups excluding tert-OH is 2. The molecule has 0 amide bonds. The molecule has 0 bridgehead atoms. The minimum Gasteiger partial charge on any atom is -0.480 e. The molecular weight excluding hydrogens is 328 g/mol. The quantitative estimate of drug-likeness (QED) is 0.319. The van der Waals surface area contributed by atoms with Crippen molar-refractivity contribution in [3.63, 3.8) is 0 Å². The van der Waals surface area contributed by atoms with E-state index in [0.717, 1.165) is 77.8 Å². The maximum atomic E-state index is 9.84. The van der Waals surface area contributed by atoms with E-state index in [2.05, 4.69) is 0 Å². The van der Waals surface area contributed by atoms with Crippen molar-refractivity contribution in [2.75, 3.05) is 52.9 Å². The number of hydrogen-bond acceptors (Lipinski definition) is 6. The highest BCUT2D eigenvalue weighted by Crippen LogP contribution is 1.95. The molecular formula is C18H38O7. The molecule has 0 aliphatic carbocycles. The molecule has 3 N–H and O–H groups in total. The van der Waals surface area contributed by atoms with Crippen LogP contribution in [-0.2, 0) is 19.0 Å². The van der Waals surface area contributed by atoms with Crippen molar-refractivity contribution in [1.82, 2.24) is 0 Å². The number of carboxylic acid groups (broad SMARTS) is 1. The first-order valence-corrected chi connectivity index (χ1v) is 9.35. The predicted molar refractivity (Wildman–Crippen MR) is 96.9 cm³/mol. The second kappa shape index (κ2) is 25.5. The Labute approximate surface area is 152 Å². The highest BCUT2D eigenvalue weighted by molar-refractivity contribution is 5.67. The van der Waals surface area contributed by atoms with Gasteiger partial charge < -0.3 is 29.5 Å². The second-order valence-electron chi connectivity index (χ2n) is 5.59. The average molecular weight is 366 g/mol. The maximum absolute atomic E-state index is 9.84. The van der Waals surface area contributed by atoms with Crippen LogP contribution in [0.1, 0.15) is 58.3 Å². The van der Waals surface area contributed by atoms with E-state index in [4.69, 9.17) is 29.5 Å². The second-order valence-corrected chi connectivity index (χ2v) is 5.59. The summed E-state index contributed by atoms with van der Waals surface area (Å²) >= 11 is 0. The summed E-state index contributed by atoms with van der Waals surface area (Å²) in [5.74, 6) is -0.897. The fourth-order valence-corrected chi connectivity index (χ4v) is 1.65. The molecule has 0 saturated carbocycles. The number of carboxylic acids is 1. The Hall–Kier alpha value is -0.730. The lowest BCUT2D eigenvalue weighted by Gasteiger charge is -2.05. The van der Waals surface area contributed by atoms with Crippen LogP contribution in [0.5, 0.6) is 0 Å². The highest BCUT2D eigenvalue weighted by Gasteiger charge is 1.93. The third-order valence-corrected chi connectivity index (χ3v) is 3.09. The van der Waals surface area contributed by atoms with Crippen molar-refractivity contribution in [2.45, 2.75) is 58.3 Å². The van der Waals surface area contributed by atoms with Crippen LogP contribution in [0, 0.1) is 0 Å². The summed E-state index contributed by atoms with van der Waals surface area (Å²) < 4.78 is 15.5. The first-order chi connectivity index (χ1) is 12.2. The van der Waals surface area contributed by atoms with Crippen molar-refractivity contribution in [1.29, 1.82) is 0 Å². The van der Waals surface area contributed by atoms with Gasteiger partial charge in [-0.1, -0.05) is 13.3 Å². The minimum absolute atomic E-state index is 0.167. The molecule has 152 valence electrons. The van der Waals surface area contributed by atoms with E-state index in [0.29, 0.717) is 6.61 Å². The number of hydrogen-bond donors (Lipinski definition) is 3. The normalized spacial score (nSPS) is 10.4. The van der Waals surface area contributed by atoms with Gasteiger partial charge in [0.2, 0.25) is 0 Å². The average Bonchev–Trinajstić information content (AvgIpc) is 2.60. The van der Waals surface area contributed by atoms with Gasteiger partial charge in [-0.3, -0.25) is 0 Å². The number of aliphatic hydroxyl groups is 2. The SMILES string of the molecule is CCCCOCC(=O)O.OCCCCOCCCCOCCCCO. The van der Waals surface area contributed by atoms with Crippen LogP contribution in [0.4, 0.5) is 0 Å². The Morgan fingerprint density at radius 1 is 0.680 bits per heavy atom. The van der Waals surface area contributed by atoms with E-state index in [1.54, 1.807) is 0 Å². The number of carbonyl (C=O) groups is 1. The van der Waals surface area contributed by atoms with Gasteiger partial charge in [0.1, 0.15) is 6.61 Å². The van der Waals surface area contributed by atoms with Crippen LogP contribution < -0.4 is 0 Å². The van der Waals surface area contributed by atoms with Gasteiger partial charge in [0.05, 0.1) is 0 Å². The smallest absolute Gasteiger partial charge is 0.329 e. The van der Waals surface area contributed by atoms with Gasteiger partial charge in [-0.15, -0.1) is 0 Å². The van der Waals surface area contributed by atoms with E-state index in [1.807, 2.05) is 6.92 Å². The Bertz CT molecular complexity index is 236. The van der Waals surface area contributed by atoms with Crippen molar-refractivity contribution in [3.8, 4) is 0 Å². The molecule has 0 aromatic rings. The Balaban J connectivity index is 0. The van der Waals surface area contributed by atoms with Gasteiger partial charge in [-0.05, 0) is 44.9 Å². The lowest BCUT2D eigenvalue weighted by atomic mass is 10.3. The van der Waals surface area contributed by atoms with Crippen LogP contribution in [0.2, 0.25) is 0 Å². The highest BCUT2D eigenvalue weighted by atomic mass is 16.5. The van der Waals surface area contributed by atoms with Crippen LogP contribution in [0.25, 0.3) is 0 Å². The fraction of sp³-hybridized carbons (Fsp3) is 0.944. The summed E-state index contributed by atoms with van der Waals surface area (Å²) in [6.45, 7) is 6.00. The molecule has 25 heavy (non-hydrogen) atoms. The number of aliphatic carboxylic acids is 1. The molecule has 0 spiro atoms. The number of rotatable bonds is 18. The zero-order valence-corrected chi connectivity index (χ0v) is 15.8. The van der Waals surface area contributed by atoms with E-state index in [9.17, 15) is 4.79 Å². The number of ether oxygens (including phenoxy) is 3. The third kappa shape index (κ3) is 31.5. The van der Waals surface area contributed by atoms with E-state index < -0.39 is 5.97 Å². The molecule has 0 fully saturated rings. The van der Waals surface area contributed by atoms with Crippen molar-refractivity contribution in [2.24, 2.45) is 0 Å². The molecule has 0 unspecified atom stereocenters. The third-order valence-electron chi connectivity index (χ3n) is 3.09. The molecule has 0 radical (unpaired) electrons. The van der Waals surface area contributed by atoms with Gasteiger partial charge in [0.15, 0.2) is 0 Å². The monoisotopic (exact) mass is 366 g/mol. The molecule has 7 nitrogen and oxygen atoms in total. The molecule has 0 atom stereocenters. The Kier molecular flexibility index (Phi) is 27.0. The van der Waals surface area contributed by atoms with Crippen LogP contribution >= 0.6 is 0 Å². The zero-order valence-electron chi connectivity index (χ0n) is 15.8. The van der Waals surface area contributed by atoms with E-state index >= 15 is 0 Å². The Morgan fingerprint density at radius 2 is 1.08 bits per heavy atom. The summed E-state index contributed by atoms with van der Waals surface area (Å²) in [7, 11) is 0. The van der Waals surface area contributed by atoms with E-state index in [1.165, 1.54) is 0 Å². The van der Waals surface area contributed by atoms with Gasteiger partial charge in [-0.2, -0.15) is 0 Å². The van der Waals surface area contributed by atoms with Crippen molar-refractivity contribution in [3.05, 3.63) is 0 Å². The van der Waals surface area contributed by atoms with Crippen molar-refractivity contribution >= 4 is 5.97 Å². The summed E-state index contributed by atoms with van der Waals surface area (Å²) in [6, 6.07) is 0. The summed E-state index contributed by atoms with van der Waals surface area (Å²) in [4.78, 5) is 9.84. The topological polar surface area (TPSA) is 105 Å². The molecule has 0 heterocycles. The summed E-state index contributed by atoms with van der Waals surface area (Å²) in [5.41, 5.74) is 0. The van der Waals surface area contributed by atoms with Crippen LogP contribution in [-0.4, -0.2) is 74.1 Å². The van der Waals surface area contributed by atoms with Crippen molar-refractivity contribution < 1.29 is 34.3 Å². The minimum atomic E-state index is -0.897. The van der Waals surface area contributed by atoms with Gasteiger partial charge in [0.25, 0.3) is 0 Å². The van der Waals surface area contributed by atoms with Gasteiger partial charge in [0, 0.05) is 46.2 Å².